The third kappa shape index (κ3) is 13.7. The number of sulfonamides is 1. The van der Waals surface area contributed by atoms with Crippen LogP contribution in [0.4, 0.5) is 56.9 Å². The highest BCUT2D eigenvalue weighted by atomic mass is 32.2. The molecule has 0 aliphatic rings. The number of phenolic OH excluding ortho intramolecular Hbond substituents is 1. The second-order valence-electron chi connectivity index (χ2n) is 13.9. The van der Waals surface area contributed by atoms with Crippen LogP contribution in [0.1, 0.15) is 6.92 Å². The Kier molecular flexibility index (Phi) is 17.6. The Morgan fingerprint density at radius 3 is 1.89 bits per heavy atom. The summed E-state index contributed by atoms with van der Waals surface area (Å²) in [6.45, 7) is 0.988. The molecule has 0 aliphatic heterocycles. The molecule has 0 fully saturated rings. The number of nitrogens with zero attached hydrogens (tertiary/aromatic N) is 6. The largest absolute Gasteiger partial charge is 0.505 e. The minimum atomic E-state index is -5.19. The van der Waals surface area contributed by atoms with E-state index in [0.717, 1.165) is 18.2 Å². The summed E-state index contributed by atoms with van der Waals surface area (Å²) in [5.74, 6) is -1.47. The lowest BCUT2D eigenvalue weighted by Crippen LogP contribution is -2.12. The second kappa shape index (κ2) is 23.3. The summed E-state index contributed by atoms with van der Waals surface area (Å²) in [6, 6.07) is 20.7. The smallest absolute Gasteiger partial charge is 0.296 e. The lowest BCUT2D eigenvalue weighted by molar-refractivity contribution is -0.434. The average Bonchev–Trinajstić information content (AvgIpc) is 3.32. The molecule has 0 heterocycles. The molecule has 71 heavy (non-hydrogen) atoms. The summed E-state index contributed by atoms with van der Waals surface area (Å²) < 4.78 is 109. The molecule has 0 saturated carbocycles. The highest BCUT2D eigenvalue weighted by Gasteiger charge is 2.27. The SMILES string of the molecule is COc1cc(/N=N/c2ccc(NS(=O)(=O)c3ccc(/N=N/c4c(S(=O)(=O)O)cc5c(SOOO)cc(/N=N/c6ccc(S(=O)(=O)CCOSOOO)cc6)c(N)c5c4O)cc3)cc2)c(NC(C)=O)cc1N. The molecule has 0 unspecified atom stereocenters. The van der Waals surface area contributed by atoms with Crippen molar-refractivity contribution in [2.45, 2.75) is 26.5 Å². The maximum atomic E-state index is 13.3. The molecule has 0 aromatic heterocycles. The van der Waals surface area contributed by atoms with Crippen molar-refractivity contribution in [3.8, 4) is 11.5 Å². The first kappa shape index (κ1) is 53.4. The van der Waals surface area contributed by atoms with Gasteiger partial charge in [-0.05, 0) is 91.0 Å². The lowest BCUT2D eigenvalue weighted by atomic mass is 10.0. The van der Waals surface area contributed by atoms with E-state index < -0.39 is 52.1 Å². The second-order valence-corrected chi connectivity index (χ2v) is 20.3. The highest BCUT2D eigenvalue weighted by Crippen LogP contribution is 2.49. The number of nitrogens with one attached hydrogen (secondary N) is 2. The number of rotatable bonds is 22. The Bertz CT molecular complexity index is 3370. The van der Waals surface area contributed by atoms with Crippen molar-refractivity contribution in [3.05, 3.63) is 97.1 Å². The molecule has 374 valence electrons. The van der Waals surface area contributed by atoms with Gasteiger partial charge in [-0.25, -0.2) is 27.4 Å². The zero-order chi connectivity index (χ0) is 51.5. The maximum Gasteiger partial charge on any atom is 0.296 e. The van der Waals surface area contributed by atoms with Gasteiger partial charge in [0.1, 0.15) is 27.7 Å². The van der Waals surface area contributed by atoms with Gasteiger partial charge in [0.15, 0.2) is 27.9 Å². The van der Waals surface area contributed by atoms with Gasteiger partial charge in [-0.1, -0.05) is 10.1 Å². The number of carbonyl (C=O) groups excluding carboxylic acids is 1. The Hall–Kier alpha value is -6.92. The number of phenols is 1. The van der Waals surface area contributed by atoms with Crippen LogP contribution >= 0.6 is 24.4 Å². The topological polar surface area (TPSA) is 406 Å². The third-order valence-electron chi connectivity index (χ3n) is 9.22. The fourth-order valence-corrected chi connectivity index (χ4v) is 9.65. The van der Waals surface area contributed by atoms with Crippen molar-refractivity contribution in [2.75, 3.05) is 41.0 Å². The molecular weight excluding hydrogens is 1040 g/mol. The normalized spacial score (nSPS) is 12.4. The zero-order valence-corrected chi connectivity index (χ0v) is 40.2. The number of amides is 1. The summed E-state index contributed by atoms with van der Waals surface area (Å²) in [5.41, 5.74) is 12.4. The number of ether oxygens (including phenoxy) is 1. The molecular formula is C39H36N10O17S5. The molecule has 0 aliphatic carbocycles. The quantitative estimate of drug-likeness (QED) is 0.00597. The first-order valence-corrected chi connectivity index (χ1v) is 25.3. The number of sulfone groups is 1. The van der Waals surface area contributed by atoms with Crippen molar-refractivity contribution in [3.63, 3.8) is 0 Å². The molecule has 6 aromatic carbocycles. The number of carbonyl (C=O) groups is 1. The molecule has 0 spiro atoms. The zero-order valence-electron chi connectivity index (χ0n) is 36.1. The van der Waals surface area contributed by atoms with Gasteiger partial charge >= 0.3 is 0 Å². The van der Waals surface area contributed by atoms with E-state index in [4.69, 9.17) is 30.9 Å². The predicted molar refractivity (Wildman–Crippen MR) is 255 cm³/mol. The minimum Gasteiger partial charge on any atom is -0.505 e. The van der Waals surface area contributed by atoms with E-state index in [9.17, 15) is 39.7 Å². The Morgan fingerprint density at radius 2 is 1.31 bits per heavy atom. The van der Waals surface area contributed by atoms with E-state index in [1.54, 1.807) is 0 Å². The molecule has 0 saturated heterocycles. The summed E-state index contributed by atoms with van der Waals surface area (Å²) in [6.07, 6.45) is 0. The van der Waals surface area contributed by atoms with Gasteiger partial charge in [0.2, 0.25) is 5.91 Å². The molecule has 32 heteroatoms. The summed E-state index contributed by atoms with van der Waals surface area (Å²) in [7, 11) is -11.8. The molecule has 6 aromatic rings. The molecule has 27 nitrogen and oxygen atoms in total. The molecule has 6 rings (SSSR count). The minimum absolute atomic E-state index is 0.0472. The van der Waals surface area contributed by atoms with Crippen LogP contribution in [-0.4, -0.2) is 70.8 Å². The third-order valence-corrected chi connectivity index (χ3v) is 14.2. The van der Waals surface area contributed by atoms with Gasteiger partial charge < -0.3 is 26.6 Å². The summed E-state index contributed by atoms with van der Waals surface area (Å²) in [4.78, 5) is 10.3. The van der Waals surface area contributed by atoms with Crippen LogP contribution in [0, 0.1) is 0 Å². The van der Waals surface area contributed by atoms with E-state index in [0.29, 0.717) is 23.5 Å². The van der Waals surface area contributed by atoms with E-state index in [-0.39, 0.29) is 95.8 Å². The van der Waals surface area contributed by atoms with Crippen molar-refractivity contribution in [1.82, 2.24) is 0 Å². The Labute approximate surface area is 410 Å². The first-order valence-electron chi connectivity index (χ1n) is 19.3. The van der Waals surface area contributed by atoms with Crippen LogP contribution in [0.2, 0.25) is 0 Å². The van der Waals surface area contributed by atoms with E-state index >= 15 is 0 Å². The first-order chi connectivity index (χ1) is 33.7. The molecule has 0 radical (unpaired) electrons. The van der Waals surface area contributed by atoms with Gasteiger partial charge in [-0.2, -0.15) is 23.8 Å². The summed E-state index contributed by atoms with van der Waals surface area (Å²) >= 11 is 0.520. The fourth-order valence-electron chi connectivity index (χ4n) is 6.02. The number of hydrogen-bond acceptors (Lipinski definition) is 26. The van der Waals surface area contributed by atoms with E-state index in [1.807, 2.05) is 0 Å². The number of methoxy groups -OCH3 is 1. The van der Waals surface area contributed by atoms with Gasteiger partial charge in [0, 0.05) is 29.0 Å². The number of hydrogen-bond donors (Lipinski definition) is 8. The molecule has 10 N–H and O–H groups in total. The molecule has 1 amide bonds. The van der Waals surface area contributed by atoms with Crippen molar-refractivity contribution < 1.29 is 77.9 Å². The van der Waals surface area contributed by atoms with Crippen LogP contribution < -0.4 is 26.2 Å². The van der Waals surface area contributed by atoms with E-state index in [1.165, 1.54) is 92.9 Å². The number of azo groups is 3. The highest BCUT2D eigenvalue weighted by molar-refractivity contribution is 7.95. The van der Waals surface area contributed by atoms with Gasteiger partial charge in [-0.3, -0.25) is 18.3 Å². The molecule has 0 bridgehead atoms. The summed E-state index contributed by atoms with van der Waals surface area (Å²) in [5, 5.41) is 62.0. The van der Waals surface area contributed by atoms with Crippen LogP contribution in [0.15, 0.2) is 147 Å². The number of nitrogen functional groups attached to an aromatic ring is 2. The number of anilines is 4. The number of aromatic hydroxyl groups is 1. The number of nitrogens with two attached hydrogens (primary N) is 2. The van der Waals surface area contributed by atoms with Crippen molar-refractivity contribution in [1.29, 1.82) is 0 Å². The fraction of sp³-hybridized carbons (Fsp3) is 0.103. The standard InChI is InChI=1S/C39H36N10O17S5/c1-21(50)42-30-18-29(40)33(61-2)19-31(30)46-43-22-3-5-25(6-4-22)49-70(56,57)27-13-9-24(10-14-27)45-48-38-35(71(58,59)60)17-28-34(67-65-63-52)20-32(37(41)36(28)39(38)51)47-44-23-7-11-26(12-8-23)69(54,55)16-15-62-68-66-64-53/h3-14,17-20,49,51-53H,15-16,40-41H2,1-2H3,(H,42,50)(H,58,59,60)/b46-43+,47-44+,48-45+. The van der Waals surface area contributed by atoms with E-state index in [2.05, 4.69) is 59.5 Å². The molecule has 0 atom stereocenters. The monoisotopic (exact) mass is 1080 g/mol. The lowest BCUT2D eigenvalue weighted by Gasteiger charge is -2.14. The van der Waals surface area contributed by atoms with Gasteiger partial charge in [-0.15, -0.1) is 24.0 Å². The predicted octanol–water partition coefficient (Wildman–Crippen LogP) is 9.17. The Morgan fingerprint density at radius 1 is 0.732 bits per heavy atom. The number of benzene rings is 6. The van der Waals surface area contributed by atoms with Crippen LogP contribution in [0.5, 0.6) is 11.5 Å². The number of fused-ring (bicyclic) bond motifs is 1. The van der Waals surface area contributed by atoms with Gasteiger partial charge in [0.05, 0.1) is 80.8 Å². The van der Waals surface area contributed by atoms with Gasteiger partial charge in [0.25, 0.3) is 20.1 Å². The van der Waals surface area contributed by atoms with Crippen molar-refractivity contribution in [2.24, 2.45) is 30.7 Å². The Balaban J connectivity index is 1.23. The average molecular weight is 1080 g/mol. The van der Waals surface area contributed by atoms with Crippen LogP contribution in [0.3, 0.4) is 0 Å². The van der Waals surface area contributed by atoms with Crippen LogP contribution in [-0.2, 0) is 57.7 Å². The van der Waals surface area contributed by atoms with Crippen LogP contribution in [0.25, 0.3) is 10.8 Å². The van der Waals surface area contributed by atoms with Crippen molar-refractivity contribution >= 4 is 128 Å². The maximum absolute atomic E-state index is 13.3.